The first-order valence-corrected chi connectivity index (χ1v) is 13.0. The van der Waals surface area contributed by atoms with Crippen LogP contribution in [0.4, 0.5) is 5.82 Å². The van der Waals surface area contributed by atoms with Crippen molar-refractivity contribution in [1.82, 2.24) is 24.8 Å². The van der Waals surface area contributed by atoms with E-state index in [1.807, 2.05) is 36.4 Å². The van der Waals surface area contributed by atoms with Crippen LogP contribution < -0.4 is 25.7 Å². The summed E-state index contributed by atoms with van der Waals surface area (Å²) in [4.78, 5) is 19.9. The predicted molar refractivity (Wildman–Crippen MR) is 156 cm³/mol. The number of hydrogen-bond acceptors (Lipinski definition) is 10. The van der Waals surface area contributed by atoms with Gasteiger partial charge in [0.2, 0.25) is 0 Å². The molecule has 0 amide bonds. The molecule has 0 bridgehead atoms. The number of ether oxygens (including phenoxy) is 3. The summed E-state index contributed by atoms with van der Waals surface area (Å²) < 4.78 is 17.0. The standard InChI is InChI=1S/C30H33N7O3/c1-4-37(16-19-5-7-33-8-6-19)17-21(31)18-40-22-9-20(13-34-14-22)26-10-23-24-11-28(38-2)29(39-3)12-27(24)35-15-25(23)30(32)36-26/h5-15,21H,4,16-18,31H2,1-3H3,(H2,32,36)/t21-/m1/s1. The third-order valence-corrected chi connectivity index (χ3v) is 6.78. The number of pyridine rings is 4. The second-order valence-corrected chi connectivity index (χ2v) is 9.50. The molecule has 5 aromatic rings. The summed E-state index contributed by atoms with van der Waals surface area (Å²) >= 11 is 0. The molecule has 4 N–H and O–H groups in total. The zero-order valence-corrected chi connectivity index (χ0v) is 22.9. The molecular formula is C30H33N7O3. The first-order chi connectivity index (χ1) is 19.5. The van der Waals surface area contributed by atoms with Crippen molar-refractivity contribution >= 4 is 27.5 Å². The maximum absolute atomic E-state index is 6.43. The van der Waals surface area contributed by atoms with E-state index in [-0.39, 0.29) is 6.04 Å². The quantitative estimate of drug-likeness (QED) is 0.237. The van der Waals surface area contributed by atoms with E-state index in [0.717, 1.165) is 40.3 Å². The van der Waals surface area contributed by atoms with Crippen LogP contribution in [0.1, 0.15) is 12.5 Å². The Morgan fingerprint density at radius 1 is 0.900 bits per heavy atom. The van der Waals surface area contributed by atoms with E-state index >= 15 is 0 Å². The van der Waals surface area contributed by atoms with Gasteiger partial charge in [0.1, 0.15) is 18.2 Å². The fourth-order valence-electron chi connectivity index (χ4n) is 4.68. The molecule has 1 atom stereocenters. The molecule has 10 heteroatoms. The smallest absolute Gasteiger partial charge is 0.162 e. The molecule has 0 aliphatic rings. The van der Waals surface area contributed by atoms with Gasteiger partial charge >= 0.3 is 0 Å². The number of anilines is 1. The number of aromatic nitrogens is 4. The lowest BCUT2D eigenvalue weighted by Crippen LogP contribution is -2.40. The third-order valence-electron chi connectivity index (χ3n) is 6.78. The average molecular weight is 540 g/mol. The number of nitrogen functional groups attached to an aromatic ring is 1. The van der Waals surface area contributed by atoms with Crippen molar-refractivity contribution in [3.63, 3.8) is 0 Å². The second-order valence-electron chi connectivity index (χ2n) is 9.50. The summed E-state index contributed by atoms with van der Waals surface area (Å²) in [6.45, 7) is 4.86. The van der Waals surface area contributed by atoms with Crippen LogP contribution in [0.15, 0.2) is 67.4 Å². The second kappa shape index (κ2) is 12.1. The van der Waals surface area contributed by atoms with Gasteiger partial charge in [0, 0.05) is 60.3 Å². The van der Waals surface area contributed by atoms with Gasteiger partial charge in [-0.2, -0.15) is 0 Å². The summed E-state index contributed by atoms with van der Waals surface area (Å²) in [6, 6.07) is 11.5. The molecule has 0 unspecified atom stereocenters. The SMILES string of the molecule is CCN(Cc1ccncc1)C[C@@H](N)COc1cncc(-c2cc3c(cnc4cc(OC)c(OC)cc43)c(N)n2)c1. The van der Waals surface area contributed by atoms with E-state index in [2.05, 4.69) is 31.8 Å². The molecule has 1 aromatic carbocycles. The van der Waals surface area contributed by atoms with E-state index in [1.165, 1.54) is 5.56 Å². The molecule has 206 valence electrons. The minimum Gasteiger partial charge on any atom is -0.493 e. The van der Waals surface area contributed by atoms with Crippen molar-refractivity contribution in [2.24, 2.45) is 5.73 Å². The van der Waals surface area contributed by atoms with E-state index in [4.69, 9.17) is 25.7 Å². The van der Waals surface area contributed by atoms with Gasteiger partial charge < -0.3 is 25.7 Å². The molecule has 4 aromatic heterocycles. The molecular weight excluding hydrogens is 506 g/mol. The number of rotatable bonds is 11. The number of methoxy groups -OCH3 is 2. The van der Waals surface area contributed by atoms with Crippen LogP contribution in [0, 0.1) is 0 Å². The van der Waals surface area contributed by atoms with Gasteiger partial charge in [-0.15, -0.1) is 0 Å². The van der Waals surface area contributed by atoms with E-state index in [0.29, 0.717) is 41.9 Å². The van der Waals surface area contributed by atoms with Crippen molar-refractivity contribution in [2.75, 3.05) is 39.6 Å². The molecule has 40 heavy (non-hydrogen) atoms. The zero-order valence-electron chi connectivity index (χ0n) is 22.9. The van der Waals surface area contributed by atoms with Gasteiger partial charge in [-0.25, -0.2) is 4.98 Å². The monoisotopic (exact) mass is 539 g/mol. The van der Waals surface area contributed by atoms with Crippen LogP contribution in [0.2, 0.25) is 0 Å². The highest BCUT2D eigenvalue weighted by molar-refractivity contribution is 6.10. The summed E-state index contributed by atoms with van der Waals surface area (Å²) in [5.74, 6) is 2.20. The molecule has 0 spiro atoms. The summed E-state index contributed by atoms with van der Waals surface area (Å²) in [5, 5.41) is 2.53. The fourth-order valence-corrected chi connectivity index (χ4v) is 4.68. The van der Waals surface area contributed by atoms with Crippen LogP contribution in [-0.2, 0) is 6.54 Å². The predicted octanol–water partition coefficient (Wildman–Crippen LogP) is 4.07. The summed E-state index contributed by atoms with van der Waals surface area (Å²) in [7, 11) is 3.20. The van der Waals surface area contributed by atoms with Gasteiger partial charge in [0.15, 0.2) is 11.5 Å². The number of nitrogens with zero attached hydrogens (tertiary/aromatic N) is 5. The molecule has 0 saturated carbocycles. The highest BCUT2D eigenvalue weighted by atomic mass is 16.5. The summed E-state index contributed by atoms with van der Waals surface area (Å²) in [5.41, 5.74) is 16.2. The van der Waals surface area contributed by atoms with Crippen LogP contribution >= 0.6 is 0 Å². The van der Waals surface area contributed by atoms with Crippen LogP contribution in [0.3, 0.4) is 0 Å². The molecule has 0 radical (unpaired) electrons. The Balaban J connectivity index is 1.36. The van der Waals surface area contributed by atoms with Gasteiger partial charge in [0.25, 0.3) is 0 Å². The topological polar surface area (TPSA) is 135 Å². The number of benzene rings is 1. The number of hydrogen-bond donors (Lipinski definition) is 2. The Hall–Kier alpha value is -4.54. The van der Waals surface area contributed by atoms with Crippen LogP contribution in [-0.4, -0.2) is 64.8 Å². The minimum atomic E-state index is -0.175. The normalized spacial score (nSPS) is 12.1. The van der Waals surface area contributed by atoms with Gasteiger partial charge in [-0.3, -0.25) is 19.9 Å². The zero-order chi connectivity index (χ0) is 28.1. The van der Waals surface area contributed by atoms with Crippen LogP contribution in [0.25, 0.3) is 32.9 Å². The maximum Gasteiger partial charge on any atom is 0.162 e. The van der Waals surface area contributed by atoms with E-state index in [1.54, 1.807) is 45.2 Å². The Kier molecular flexibility index (Phi) is 8.18. The lowest BCUT2D eigenvalue weighted by atomic mass is 10.0. The number of nitrogens with two attached hydrogens (primary N) is 2. The first kappa shape index (κ1) is 27.0. The first-order valence-electron chi connectivity index (χ1n) is 13.0. The molecule has 10 nitrogen and oxygen atoms in total. The van der Waals surface area contributed by atoms with Crippen molar-refractivity contribution < 1.29 is 14.2 Å². The molecule has 0 fully saturated rings. The van der Waals surface area contributed by atoms with Crippen molar-refractivity contribution in [3.05, 3.63) is 72.9 Å². The van der Waals surface area contributed by atoms with Gasteiger partial charge in [0.05, 0.1) is 37.7 Å². The van der Waals surface area contributed by atoms with E-state index in [9.17, 15) is 0 Å². The Bertz CT molecular complexity index is 1610. The van der Waals surface area contributed by atoms with Gasteiger partial charge in [-0.1, -0.05) is 6.92 Å². The Morgan fingerprint density at radius 2 is 1.68 bits per heavy atom. The highest BCUT2D eigenvalue weighted by Crippen LogP contribution is 2.37. The Morgan fingerprint density at radius 3 is 2.42 bits per heavy atom. The minimum absolute atomic E-state index is 0.175. The Labute approximate surface area is 232 Å². The maximum atomic E-state index is 6.43. The number of likely N-dealkylation sites (N-methyl/N-ethyl adjacent to an activating group) is 1. The fraction of sp³-hybridized carbons (Fsp3) is 0.267. The van der Waals surface area contributed by atoms with Crippen LogP contribution in [0.5, 0.6) is 17.2 Å². The van der Waals surface area contributed by atoms with Crippen molar-refractivity contribution in [3.8, 4) is 28.5 Å². The molecule has 0 aliphatic carbocycles. The molecule has 0 aliphatic heterocycles. The molecule has 4 heterocycles. The highest BCUT2D eigenvalue weighted by Gasteiger charge is 2.15. The lowest BCUT2D eigenvalue weighted by Gasteiger charge is -2.24. The van der Waals surface area contributed by atoms with Crippen molar-refractivity contribution in [1.29, 1.82) is 0 Å². The van der Waals surface area contributed by atoms with E-state index < -0.39 is 0 Å². The molecule has 0 saturated heterocycles. The number of fused-ring (bicyclic) bond motifs is 3. The third kappa shape index (κ3) is 5.88. The largest absolute Gasteiger partial charge is 0.493 e. The summed E-state index contributed by atoms with van der Waals surface area (Å²) in [6.07, 6.45) is 8.74. The lowest BCUT2D eigenvalue weighted by molar-refractivity contribution is 0.213. The van der Waals surface area contributed by atoms with Gasteiger partial charge in [-0.05, 0) is 47.8 Å². The molecule has 5 rings (SSSR count). The van der Waals surface area contributed by atoms with Crippen molar-refractivity contribution in [2.45, 2.75) is 19.5 Å². The average Bonchev–Trinajstić information content (AvgIpc) is 2.99.